The van der Waals surface area contributed by atoms with Crippen molar-refractivity contribution in [3.63, 3.8) is 0 Å². The van der Waals surface area contributed by atoms with E-state index in [0.29, 0.717) is 5.92 Å². The van der Waals surface area contributed by atoms with Crippen LogP contribution in [-0.4, -0.2) is 40.1 Å². The molecular weight excluding hydrogens is 250 g/mol. The van der Waals surface area contributed by atoms with Gasteiger partial charge in [-0.15, -0.1) is 11.6 Å². The summed E-state index contributed by atoms with van der Waals surface area (Å²) in [5.74, 6) is 2.10. The van der Waals surface area contributed by atoms with Gasteiger partial charge in [0.25, 0.3) is 0 Å². The number of aromatic nitrogens is 3. The predicted molar refractivity (Wildman–Crippen MR) is 70.9 cm³/mol. The maximum absolute atomic E-state index is 6.14. The zero-order valence-electron chi connectivity index (χ0n) is 10.3. The topological polar surface area (TPSA) is 53.9 Å². The summed E-state index contributed by atoms with van der Waals surface area (Å²) in [7, 11) is 0. The van der Waals surface area contributed by atoms with Gasteiger partial charge in [-0.3, -0.25) is 0 Å². The highest BCUT2D eigenvalue weighted by atomic mass is 35.5. The van der Waals surface area contributed by atoms with Crippen molar-refractivity contribution in [2.24, 2.45) is 0 Å². The molecule has 1 aromatic rings. The van der Waals surface area contributed by atoms with Crippen molar-refractivity contribution in [2.75, 3.05) is 24.5 Å². The molecule has 1 N–H and O–H groups in total. The minimum absolute atomic E-state index is 0.0377. The lowest BCUT2D eigenvalue weighted by atomic mass is 9.97. The lowest BCUT2D eigenvalue weighted by Crippen LogP contribution is -2.34. The zero-order chi connectivity index (χ0) is 12.4. The summed E-state index contributed by atoms with van der Waals surface area (Å²) in [6.45, 7) is 3.06. The summed E-state index contributed by atoms with van der Waals surface area (Å²) in [5.41, 5.74) is 0.0377. The van der Waals surface area contributed by atoms with E-state index in [1.54, 1.807) is 6.33 Å². The Morgan fingerprint density at radius 1 is 1.28 bits per heavy atom. The van der Waals surface area contributed by atoms with E-state index < -0.39 is 0 Å². The van der Waals surface area contributed by atoms with Crippen molar-refractivity contribution >= 4 is 17.5 Å². The van der Waals surface area contributed by atoms with Gasteiger partial charge in [-0.05, 0) is 32.2 Å². The maximum atomic E-state index is 6.14. The van der Waals surface area contributed by atoms with Crippen molar-refractivity contribution in [3.05, 3.63) is 12.2 Å². The molecule has 1 aromatic heterocycles. The number of halogens is 1. The molecule has 3 rings (SSSR count). The highest BCUT2D eigenvalue weighted by Gasteiger charge is 2.24. The van der Waals surface area contributed by atoms with Crippen LogP contribution in [0.2, 0.25) is 0 Å². The van der Waals surface area contributed by atoms with E-state index >= 15 is 0 Å². The highest BCUT2D eigenvalue weighted by molar-refractivity contribution is 6.20. The van der Waals surface area contributed by atoms with Crippen LogP contribution in [-0.2, 0) is 0 Å². The Labute approximate surface area is 112 Å². The van der Waals surface area contributed by atoms with Crippen LogP contribution in [0.1, 0.15) is 37.4 Å². The molecule has 0 aromatic carbocycles. The van der Waals surface area contributed by atoms with E-state index in [2.05, 4.69) is 25.2 Å². The Morgan fingerprint density at radius 2 is 2.11 bits per heavy atom. The smallest absolute Gasteiger partial charge is 0.228 e. The van der Waals surface area contributed by atoms with Crippen LogP contribution < -0.4 is 10.2 Å². The van der Waals surface area contributed by atoms with Gasteiger partial charge in [0.05, 0.1) is 5.50 Å². The summed E-state index contributed by atoms with van der Waals surface area (Å²) in [5, 5.41) is 3.24. The van der Waals surface area contributed by atoms with Gasteiger partial charge >= 0.3 is 0 Å². The molecule has 6 heteroatoms. The van der Waals surface area contributed by atoms with Crippen molar-refractivity contribution in [1.29, 1.82) is 0 Å². The Hall–Kier alpha value is -0.940. The Kier molecular flexibility index (Phi) is 3.61. The van der Waals surface area contributed by atoms with E-state index in [-0.39, 0.29) is 5.50 Å². The lowest BCUT2D eigenvalue weighted by Gasteiger charge is -2.26. The van der Waals surface area contributed by atoms with Gasteiger partial charge in [0, 0.05) is 19.0 Å². The van der Waals surface area contributed by atoms with Crippen molar-refractivity contribution in [2.45, 2.75) is 37.1 Å². The third-order valence-corrected chi connectivity index (χ3v) is 4.01. The van der Waals surface area contributed by atoms with Gasteiger partial charge < -0.3 is 10.2 Å². The molecule has 2 saturated heterocycles. The molecule has 18 heavy (non-hydrogen) atoms. The second-order valence-electron chi connectivity index (χ2n) is 4.98. The molecular formula is C12H18ClN5. The van der Waals surface area contributed by atoms with Crippen LogP contribution in [0.15, 0.2) is 6.33 Å². The Bertz CT molecular complexity index is 407. The fourth-order valence-electron chi connectivity index (χ4n) is 2.67. The molecule has 0 bridgehead atoms. The molecule has 2 fully saturated rings. The molecule has 2 unspecified atom stereocenters. The monoisotopic (exact) mass is 267 g/mol. The Balaban J connectivity index is 1.77. The molecule has 0 spiro atoms. The molecule has 2 atom stereocenters. The molecule has 3 heterocycles. The third-order valence-electron chi connectivity index (χ3n) is 3.68. The SMILES string of the molecule is ClC1CC(c2ncnc(N3CCCC3)n2)CCN1. The first kappa shape index (κ1) is 12.1. The largest absolute Gasteiger partial charge is 0.341 e. The average molecular weight is 268 g/mol. The van der Waals surface area contributed by atoms with Gasteiger partial charge in [-0.25, -0.2) is 9.97 Å². The number of alkyl halides is 1. The number of nitrogens with one attached hydrogen (secondary N) is 1. The number of rotatable bonds is 2. The number of piperidine rings is 1. The first-order chi connectivity index (χ1) is 8.83. The minimum Gasteiger partial charge on any atom is -0.341 e. The van der Waals surface area contributed by atoms with E-state index in [4.69, 9.17) is 11.6 Å². The number of nitrogens with zero attached hydrogens (tertiary/aromatic N) is 4. The van der Waals surface area contributed by atoms with Crippen LogP contribution in [0.5, 0.6) is 0 Å². The van der Waals surface area contributed by atoms with Crippen molar-refractivity contribution in [3.8, 4) is 0 Å². The molecule has 0 amide bonds. The standard InChI is InChI=1S/C12H18ClN5/c13-10-7-9(3-4-14-10)11-15-8-16-12(17-11)18-5-1-2-6-18/h8-10,14H,1-7H2. The van der Waals surface area contributed by atoms with E-state index in [1.165, 1.54) is 12.8 Å². The van der Waals surface area contributed by atoms with Crippen molar-refractivity contribution < 1.29 is 0 Å². The van der Waals surface area contributed by atoms with E-state index in [0.717, 1.165) is 44.2 Å². The molecule has 2 aliphatic rings. The maximum Gasteiger partial charge on any atom is 0.228 e. The second kappa shape index (κ2) is 5.36. The summed E-state index contributed by atoms with van der Waals surface area (Å²) in [6.07, 6.45) is 6.05. The summed E-state index contributed by atoms with van der Waals surface area (Å²) >= 11 is 6.14. The van der Waals surface area contributed by atoms with E-state index in [1.807, 2.05) is 0 Å². The fraction of sp³-hybridized carbons (Fsp3) is 0.750. The first-order valence-electron chi connectivity index (χ1n) is 6.64. The van der Waals surface area contributed by atoms with Crippen LogP contribution in [0.3, 0.4) is 0 Å². The number of hydrogen-bond acceptors (Lipinski definition) is 5. The van der Waals surface area contributed by atoms with Gasteiger partial charge in [-0.1, -0.05) is 0 Å². The summed E-state index contributed by atoms with van der Waals surface area (Å²) in [6, 6.07) is 0. The van der Waals surface area contributed by atoms with Gasteiger partial charge in [-0.2, -0.15) is 4.98 Å². The van der Waals surface area contributed by atoms with E-state index in [9.17, 15) is 0 Å². The summed E-state index contributed by atoms with van der Waals surface area (Å²) < 4.78 is 0. The van der Waals surface area contributed by atoms with Crippen LogP contribution in [0, 0.1) is 0 Å². The lowest BCUT2D eigenvalue weighted by molar-refractivity contribution is 0.417. The molecule has 0 radical (unpaired) electrons. The fourth-order valence-corrected chi connectivity index (χ4v) is 2.99. The summed E-state index contributed by atoms with van der Waals surface area (Å²) in [4.78, 5) is 15.5. The zero-order valence-corrected chi connectivity index (χ0v) is 11.1. The van der Waals surface area contributed by atoms with Crippen LogP contribution >= 0.6 is 11.6 Å². The van der Waals surface area contributed by atoms with Gasteiger partial charge in [0.15, 0.2) is 0 Å². The number of anilines is 1. The highest BCUT2D eigenvalue weighted by Crippen LogP contribution is 2.27. The second-order valence-corrected chi connectivity index (χ2v) is 5.51. The Morgan fingerprint density at radius 3 is 2.89 bits per heavy atom. The quantitative estimate of drug-likeness (QED) is 0.650. The molecule has 0 aliphatic carbocycles. The van der Waals surface area contributed by atoms with Crippen LogP contribution in [0.25, 0.3) is 0 Å². The normalized spacial score (nSPS) is 28.6. The average Bonchev–Trinajstić information content (AvgIpc) is 2.93. The number of hydrogen-bond donors (Lipinski definition) is 1. The van der Waals surface area contributed by atoms with Crippen LogP contribution in [0.4, 0.5) is 5.95 Å². The first-order valence-corrected chi connectivity index (χ1v) is 7.08. The molecule has 5 nitrogen and oxygen atoms in total. The predicted octanol–water partition coefficient (Wildman–Crippen LogP) is 1.50. The molecule has 2 aliphatic heterocycles. The van der Waals surface area contributed by atoms with Gasteiger partial charge in [0.1, 0.15) is 12.2 Å². The van der Waals surface area contributed by atoms with Gasteiger partial charge in [0.2, 0.25) is 5.95 Å². The molecule has 98 valence electrons. The third kappa shape index (κ3) is 2.57. The minimum atomic E-state index is 0.0377. The molecule has 0 saturated carbocycles. The van der Waals surface area contributed by atoms with Crippen molar-refractivity contribution in [1.82, 2.24) is 20.3 Å².